The van der Waals surface area contributed by atoms with Crippen LogP contribution in [-0.4, -0.2) is 41.1 Å². The zero-order chi connectivity index (χ0) is 19.2. The molecule has 0 aromatic heterocycles. The van der Waals surface area contributed by atoms with Crippen LogP contribution in [-0.2, 0) is 9.53 Å². The number of rotatable bonds is 3. The molecule has 0 radical (unpaired) electrons. The molecular weight excluding hydrogens is 368 g/mol. The Labute approximate surface area is 164 Å². The van der Waals surface area contributed by atoms with Crippen LogP contribution in [0.15, 0.2) is 48.6 Å². The number of hydrogen-bond acceptors (Lipinski definition) is 5. The van der Waals surface area contributed by atoms with Crippen LogP contribution in [0.4, 0.5) is 0 Å². The molecule has 146 valence electrons. The van der Waals surface area contributed by atoms with Gasteiger partial charge in [0.15, 0.2) is 6.10 Å². The van der Waals surface area contributed by atoms with Crippen LogP contribution >= 0.6 is 11.6 Å². The predicted octanol–water partition coefficient (Wildman–Crippen LogP) is 3.28. The topological polar surface area (TPSA) is 76.0 Å². The van der Waals surface area contributed by atoms with Gasteiger partial charge in [-0.3, -0.25) is 4.79 Å². The maximum atomic E-state index is 12.1. The number of fused-ring (bicyclic) bond motifs is 1. The van der Waals surface area contributed by atoms with Crippen LogP contribution in [0.3, 0.4) is 0 Å². The van der Waals surface area contributed by atoms with E-state index in [0.717, 1.165) is 0 Å². The SMILES string of the molecule is O=C1CC/C=C\C[C@@H]2C(/C=C/[C@H](COc3cccc(Cl)c3)O1)[C@H](O)C[C@@H]2O. The highest BCUT2D eigenvalue weighted by molar-refractivity contribution is 6.30. The second-order valence-corrected chi connectivity index (χ2v) is 7.48. The third-order valence-corrected chi connectivity index (χ3v) is 5.28. The van der Waals surface area contributed by atoms with E-state index in [4.69, 9.17) is 21.1 Å². The van der Waals surface area contributed by atoms with E-state index in [1.165, 1.54) is 0 Å². The van der Waals surface area contributed by atoms with E-state index in [1.807, 2.05) is 18.2 Å². The van der Waals surface area contributed by atoms with Gasteiger partial charge in [-0.25, -0.2) is 0 Å². The number of cyclic esters (lactones) is 1. The fourth-order valence-electron chi connectivity index (χ4n) is 3.62. The number of ether oxygens (including phenoxy) is 2. The highest BCUT2D eigenvalue weighted by Gasteiger charge is 2.39. The second-order valence-electron chi connectivity index (χ2n) is 7.04. The Morgan fingerprint density at radius 2 is 2.04 bits per heavy atom. The lowest BCUT2D eigenvalue weighted by atomic mass is 9.89. The molecule has 1 aliphatic heterocycles. The summed E-state index contributed by atoms with van der Waals surface area (Å²) < 4.78 is 11.2. The first-order valence-electron chi connectivity index (χ1n) is 9.30. The maximum Gasteiger partial charge on any atom is 0.306 e. The van der Waals surface area contributed by atoms with Crippen molar-refractivity contribution >= 4 is 17.6 Å². The number of halogens is 1. The van der Waals surface area contributed by atoms with Gasteiger partial charge in [0.2, 0.25) is 0 Å². The zero-order valence-corrected chi connectivity index (χ0v) is 15.8. The molecule has 1 saturated carbocycles. The van der Waals surface area contributed by atoms with Crippen molar-refractivity contribution in [2.75, 3.05) is 6.61 Å². The molecule has 1 heterocycles. The van der Waals surface area contributed by atoms with Gasteiger partial charge < -0.3 is 19.7 Å². The summed E-state index contributed by atoms with van der Waals surface area (Å²) in [6.45, 7) is 0.147. The van der Waals surface area contributed by atoms with Crippen molar-refractivity contribution < 1.29 is 24.5 Å². The Bertz CT molecular complexity index is 702. The average molecular weight is 393 g/mol. The Hall–Kier alpha value is -1.82. The standard InChI is InChI=1S/C21H25ClO5/c22-14-5-4-6-15(11-14)26-13-16-9-10-18-17(19(23)12-20(18)24)7-2-1-3-8-21(25)27-16/h1-2,4-6,9-11,16-20,23-24H,3,7-8,12-13H2/b2-1-,10-9+/t16-,17-,18?,19+,20-/m1/s1. The van der Waals surface area contributed by atoms with Gasteiger partial charge in [0.1, 0.15) is 12.4 Å². The third-order valence-electron chi connectivity index (χ3n) is 5.05. The highest BCUT2D eigenvalue weighted by atomic mass is 35.5. The summed E-state index contributed by atoms with van der Waals surface area (Å²) in [6.07, 6.45) is 7.69. The molecule has 27 heavy (non-hydrogen) atoms. The highest BCUT2D eigenvalue weighted by Crippen LogP contribution is 2.36. The second kappa shape index (κ2) is 9.40. The molecule has 1 unspecified atom stereocenters. The largest absolute Gasteiger partial charge is 0.489 e. The van der Waals surface area contributed by atoms with Crippen molar-refractivity contribution in [3.05, 3.63) is 53.6 Å². The van der Waals surface area contributed by atoms with Crippen molar-refractivity contribution in [3.63, 3.8) is 0 Å². The molecule has 1 aliphatic carbocycles. The molecule has 0 spiro atoms. The van der Waals surface area contributed by atoms with Gasteiger partial charge in [-0.05, 0) is 43.0 Å². The van der Waals surface area contributed by atoms with Gasteiger partial charge in [-0.15, -0.1) is 0 Å². The molecule has 3 rings (SSSR count). The average Bonchev–Trinajstić information content (AvgIpc) is 2.89. The summed E-state index contributed by atoms with van der Waals surface area (Å²) in [4.78, 5) is 12.1. The van der Waals surface area contributed by atoms with Crippen molar-refractivity contribution in [2.24, 2.45) is 11.8 Å². The molecule has 6 heteroatoms. The molecule has 0 bridgehead atoms. The smallest absolute Gasteiger partial charge is 0.306 e. The van der Waals surface area contributed by atoms with Crippen LogP contribution < -0.4 is 4.74 Å². The Kier molecular flexibility index (Phi) is 6.94. The fraction of sp³-hybridized carbons (Fsp3) is 0.476. The molecule has 5 atom stereocenters. The minimum atomic E-state index is -0.609. The molecule has 0 amide bonds. The molecule has 1 aromatic rings. The molecule has 2 N–H and O–H groups in total. The molecule has 5 nitrogen and oxygen atoms in total. The lowest BCUT2D eigenvalue weighted by Gasteiger charge is -2.21. The molecule has 2 aliphatic rings. The van der Waals surface area contributed by atoms with Crippen LogP contribution in [0, 0.1) is 11.8 Å². The van der Waals surface area contributed by atoms with E-state index in [2.05, 4.69) is 0 Å². The number of carbonyl (C=O) groups excluding carboxylic acids is 1. The molecular formula is C21H25ClO5. The summed E-state index contributed by atoms with van der Waals surface area (Å²) in [5.74, 6) is 0.0666. The quantitative estimate of drug-likeness (QED) is 0.609. The Morgan fingerprint density at radius 3 is 2.85 bits per heavy atom. The number of aliphatic hydroxyl groups excluding tert-OH is 2. The third kappa shape index (κ3) is 5.58. The van der Waals surface area contributed by atoms with E-state index >= 15 is 0 Å². The number of esters is 1. The minimum Gasteiger partial charge on any atom is -0.489 e. The van der Waals surface area contributed by atoms with Gasteiger partial charge in [-0.1, -0.05) is 35.9 Å². The number of benzene rings is 1. The first kappa shape index (κ1) is 19.9. The lowest BCUT2D eigenvalue weighted by molar-refractivity contribution is -0.148. The lowest BCUT2D eigenvalue weighted by Crippen LogP contribution is -2.25. The monoisotopic (exact) mass is 392 g/mol. The van der Waals surface area contributed by atoms with E-state index < -0.39 is 18.3 Å². The summed E-state index contributed by atoms with van der Waals surface area (Å²) in [5, 5.41) is 21.1. The molecule has 1 fully saturated rings. The molecule has 1 aromatic carbocycles. The van der Waals surface area contributed by atoms with Gasteiger partial charge in [0.25, 0.3) is 0 Å². The van der Waals surface area contributed by atoms with Gasteiger partial charge >= 0.3 is 5.97 Å². The summed E-state index contributed by atoms with van der Waals surface area (Å²) in [6, 6.07) is 7.02. The van der Waals surface area contributed by atoms with Crippen molar-refractivity contribution in [1.29, 1.82) is 0 Å². The van der Waals surface area contributed by atoms with Crippen LogP contribution in [0.2, 0.25) is 5.02 Å². The number of carbonyl (C=O) groups is 1. The zero-order valence-electron chi connectivity index (χ0n) is 15.0. The van der Waals surface area contributed by atoms with E-state index in [-0.39, 0.29) is 30.8 Å². The Morgan fingerprint density at radius 1 is 1.19 bits per heavy atom. The Balaban J connectivity index is 1.73. The van der Waals surface area contributed by atoms with Crippen molar-refractivity contribution in [1.82, 2.24) is 0 Å². The van der Waals surface area contributed by atoms with Gasteiger partial charge in [0.05, 0.1) is 12.2 Å². The number of allylic oxidation sites excluding steroid dienone is 2. The first-order valence-corrected chi connectivity index (χ1v) is 9.68. The van der Waals surface area contributed by atoms with E-state index in [1.54, 1.807) is 30.3 Å². The van der Waals surface area contributed by atoms with E-state index in [9.17, 15) is 15.0 Å². The summed E-state index contributed by atoms with van der Waals surface area (Å²) in [7, 11) is 0. The van der Waals surface area contributed by atoms with Gasteiger partial charge in [-0.2, -0.15) is 0 Å². The van der Waals surface area contributed by atoms with E-state index in [0.29, 0.717) is 30.0 Å². The number of aliphatic hydroxyl groups is 2. The maximum absolute atomic E-state index is 12.1. The summed E-state index contributed by atoms with van der Waals surface area (Å²) >= 11 is 5.96. The number of hydrogen-bond donors (Lipinski definition) is 2. The van der Waals surface area contributed by atoms with Crippen molar-refractivity contribution in [3.8, 4) is 5.75 Å². The minimum absolute atomic E-state index is 0.0443. The van der Waals surface area contributed by atoms with Crippen LogP contribution in [0.5, 0.6) is 5.75 Å². The van der Waals surface area contributed by atoms with Crippen LogP contribution in [0.1, 0.15) is 25.7 Å². The normalized spacial score (nSPS) is 33.9. The van der Waals surface area contributed by atoms with Gasteiger partial charge in [0, 0.05) is 23.8 Å². The van der Waals surface area contributed by atoms with Crippen molar-refractivity contribution in [2.45, 2.75) is 44.0 Å². The van der Waals surface area contributed by atoms with Crippen LogP contribution in [0.25, 0.3) is 0 Å². The molecule has 0 saturated heterocycles. The first-order chi connectivity index (χ1) is 13.0. The predicted molar refractivity (Wildman–Crippen MR) is 103 cm³/mol. The summed E-state index contributed by atoms with van der Waals surface area (Å²) in [5.41, 5.74) is 0. The fourth-order valence-corrected chi connectivity index (χ4v) is 3.80.